The van der Waals surface area contributed by atoms with Crippen LogP contribution in [-0.2, 0) is 13.0 Å². The van der Waals surface area contributed by atoms with Gasteiger partial charge in [0.1, 0.15) is 5.82 Å². The molecule has 35 heavy (non-hydrogen) atoms. The molecule has 5 rings (SSSR count). The van der Waals surface area contributed by atoms with Gasteiger partial charge in [-0.2, -0.15) is 0 Å². The van der Waals surface area contributed by atoms with Gasteiger partial charge in [0.25, 0.3) is 0 Å². The Morgan fingerprint density at radius 1 is 1.09 bits per heavy atom. The van der Waals surface area contributed by atoms with Gasteiger partial charge in [0.2, 0.25) is 11.6 Å². The van der Waals surface area contributed by atoms with Crippen molar-refractivity contribution in [1.82, 2.24) is 40.4 Å². The maximum atomic E-state index is 13.1. The molecular weight excluding hydrogens is 440 g/mol. The molecule has 4 aromatic rings. The number of H-pyrrole nitrogens is 1. The zero-order valence-electron chi connectivity index (χ0n) is 20.0. The van der Waals surface area contributed by atoms with Crippen molar-refractivity contribution in [3.63, 3.8) is 0 Å². The third-order valence-corrected chi connectivity index (χ3v) is 6.72. The highest BCUT2D eigenvalue weighted by atomic mass is 16.1. The summed E-state index contributed by atoms with van der Waals surface area (Å²) in [6.45, 7) is 2.93. The van der Waals surface area contributed by atoms with Crippen LogP contribution in [-0.4, -0.2) is 46.2 Å². The van der Waals surface area contributed by atoms with Gasteiger partial charge in [0, 0.05) is 42.4 Å². The number of Topliss-reactive ketones (excluding diaryl/α,β-unsaturated/α-hetero) is 1. The maximum Gasteiger partial charge on any atom is 0.217 e. The summed E-state index contributed by atoms with van der Waals surface area (Å²) >= 11 is 0. The van der Waals surface area contributed by atoms with Crippen molar-refractivity contribution in [3.05, 3.63) is 59.9 Å². The monoisotopic (exact) mass is 470 g/mol. The lowest BCUT2D eigenvalue weighted by molar-refractivity contribution is 0.0878. The molecule has 1 aliphatic rings. The van der Waals surface area contributed by atoms with Crippen LogP contribution in [0.15, 0.2) is 42.7 Å². The molecule has 3 heterocycles. The van der Waals surface area contributed by atoms with E-state index in [4.69, 9.17) is 4.98 Å². The van der Waals surface area contributed by atoms with E-state index in [2.05, 4.69) is 61.9 Å². The summed E-state index contributed by atoms with van der Waals surface area (Å²) < 4.78 is 1.93. The van der Waals surface area contributed by atoms with Crippen LogP contribution in [0.3, 0.4) is 0 Å². The Hall–Kier alpha value is -3.75. The highest BCUT2D eigenvalue weighted by Gasteiger charge is 2.26. The first-order valence-corrected chi connectivity index (χ1v) is 12.5. The Morgan fingerprint density at radius 2 is 1.91 bits per heavy atom. The number of hydrogen-bond acceptors (Lipinski definition) is 7. The van der Waals surface area contributed by atoms with Crippen LogP contribution in [0.5, 0.6) is 0 Å². The molecule has 9 heteroatoms. The maximum absolute atomic E-state index is 13.1. The number of rotatable bonds is 9. The number of aromatic nitrogens is 8. The van der Waals surface area contributed by atoms with Gasteiger partial charge >= 0.3 is 0 Å². The third kappa shape index (κ3) is 5.18. The largest absolute Gasteiger partial charge is 0.290 e. The van der Waals surface area contributed by atoms with E-state index in [0.29, 0.717) is 18.1 Å². The number of aromatic amines is 1. The second kappa shape index (κ2) is 10.7. The summed E-state index contributed by atoms with van der Waals surface area (Å²) in [5, 5.41) is 18.9. The second-order valence-electron chi connectivity index (χ2n) is 9.17. The quantitative estimate of drug-likeness (QED) is 0.353. The van der Waals surface area contributed by atoms with Gasteiger partial charge in [-0.3, -0.25) is 9.78 Å². The van der Waals surface area contributed by atoms with Crippen LogP contribution < -0.4 is 0 Å². The number of hydrogen-bond donors (Lipinski definition) is 1. The Balaban J connectivity index is 1.37. The van der Waals surface area contributed by atoms with Crippen molar-refractivity contribution in [2.75, 3.05) is 0 Å². The molecule has 0 amide bonds. The highest BCUT2D eigenvalue weighted by molar-refractivity contribution is 5.94. The predicted molar refractivity (Wildman–Crippen MR) is 131 cm³/mol. The standard InChI is InChI=1S/C26H30N8O/c1-2-3-15-34-23(28-26(31-34)24(35)20-7-5-4-6-8-20)16-18-9-11-19(12-10-18)22-17-27-14-13-21(22)25-29-32-33-30-25/h9-14,17,20H,2-8,15-16H2,1H3,(H,29,30,32,33). The molecule has 0 bridgehead atoms. The van der Waals surface area contributed by atoms with Gasteiger partial charge in [0.15, 0.2) is 5.82 Å². The van der Waals surface area contributed by atoms with Crippen molar-refractivity contribution in [2.24, 2.45) is 5.92 Å². The van der Waals surface area contributed by atoms with E-state index in [1.807, 2.05) is 16.9 Å². The first kappa shape index (κ1) is 23.0. The van der Waals surface area contributed by atoms with Crippen molar-refractivity contribution in [2.45, 2.75) is 64.8 Å². The van der Waals surface area contributed by atoms with Gasteiger partial charge in [0.05, 0.1) is 0 Å². The van der Waals surface area contributed by atoms with Crippen molar-refractivity contribution in [1.29, 1.82) is 0 Å². The molecule has 1 aromatic carbocycles. The smallest absolute Gasteiger partial charge is 0.217 e. The lowest BCUT2D eigenvalue weighted by Crippen LogP contribution is -2.19. The van der Waals surface area contributed by atoms with Crippen LogP contribution in [0.25, 0.3) is 22.5 Å². The van der Waals surface area contributed by atoms with Gasteiger partial charge in [-0.05, 0) is 46.9 Å². The molecule has 0 unspecified atom stereocenters. The van der Waals surface area contributed by atoms with Gasteiger partial charge in [-0.15, -0.1) is 10.2 Å². The van der Waals surface area contributed by atoms with E-state index in [0.717, 1.165) is 73.1 Å². The van der Waals surface area contributed by atoms with Gasteiger partial charge in [-0.1, -0.05) is 56.9 Å². The molecule has 1 aliphatic carbocycles. The lowest BCUT2D eigenvalue weighted by Gasteiger charge is -2.18. The average molecular weight is 471 g/mol. The van der Waals surface area contributed by atoms with E-state index in [1.165, 1.54) is 6.42 Å². The van der Waals surface area contributed by atoms with E-state index in [9.17, 15) is 4.79 Å². The Bertz CT molecular complexity index is 1260. The summed E-state index contributed by atoms with van der Waals surface area (Å²) in [6, 6.07) is 10.2. The van der Waals surface area contributed by atoms with Crippen molar-refractivity contribution >= 4 is 5.78 Å². The van der Waals surface area contributed by atoms with Crippen molar-refractivity contribution in [3.8, 4) is 22.5 Å². The molecule has 3 aromatic heterocycles. The molecule has 0 spiro atoms. The minimum atomic E-state index is 0.0751. The predicted octanol–water partition coefficient (Wildman–Crippen LogP) is 4.67. The first-order valence-electron chi connectivity index (χ1n) is 12.5. The minimum absolute atomic E-state index is 0.0751. The fraction of sp³-hybridized carbons (Fsp3) is 0.423. The SMILES string of the molecule is CCCCn1nc(C(=O)C2CCCCC2)nc1Cc1ccc(-c2cnccc2-c2nnn[nH]2)cc1. The number of pyridine rings is 1. The summed E-state index contributed by atoms with van der Waals surface area (Å²) in [4.78, 5) is 22.1. The molecule has 180 valence electrons. The fourth-order valence-corrected chi connectivity index (χ4v) is 4.73. The summed E-state index contributed by atoms with van der Waals surface area (Å²) in [5.74, 6) is 2.03. The molecule has 0 saturated heterocycles. The van der Waals surface area contributed by atoms with Crippen LogP contribution in [0.1, 0.15) is 73.9 Å². The molecule has 0 aliphatic heterocycles. The number of nitrogens with one attached hydrogen (secondary N) is 1. The second-order valence-corrected chi connectivity index (χ2v) is 9.17. The molecule has 1 N–H and O–H groups in total. The van der Waals surface area contributed by atoms with E-state index in [-0.39, 0.29) is 11.7 Å². The molecule has 9 nitrogen and oxygen atoms in total. The molecule has 1 fully saturated rings. The first-order chi connectivity index (χ1) is 17.2. The molecular formula is C26H30N8O. The van der Waals surface area contributed by atoms with Crippen LogP contribution in [0, 0.1) is 5.92 Å². The van der Waals surface area contributed by atoms with E-state index >= 15 is 0 Å². The summed E-state index contributed by atoms with van der Waals surface area (Å²) in [6.07, 6.45) is 11.6. The van der Waals surface area contributed by atoms with Crippen LogP contribution in [0.4, 0.5) is 0 Å². The molecule has 0 atom stereocenters. The number of benzene rings is 1. The summed E-state index contributed by atoms with van der Waals surface area (Å²) in [5.41, 5.74) is 3.98. The van der Waals surface area contributed by atoms with Crippen LogP contribution >= 0.6 is 0 Å². The van der Waals surface area contributed by atoms with Crippen molar-refractivity contribution < 1.29 is 4.79 Å². The fourth-order valence-electron chi connectivity index (χ4n) is 4.73. The van der Waals surface area contributed by atoms with Crippen LogP contribution in [0.2, 0.25) is 0 Å². The Kier molecular flexibility index (Phi) is 7.02. The molecule has 1 saturated carbocycles. The third-order valence-electron chi connectivity index (χ3n) is 6.72. The number of unbranched alkanes of at least 4 members (excludes halogenated alkanes) is 1. The molecule has 0 radical (unpaired) electrons. The minimum Gasteiger partial charge on any atom is -0.290 e. The zero-order chi connectivity index (χ0) is 24.0. The number of carbonyl (C=O) groups excluding carboxylic acids is 1. The number of tetrazole rings is 1. The highest BCUT2D eigenvalue weighted by Crippen LogP contribution is 2.29. The topological polar surface area (TPSA) is 115 Å². The lowest BCUT2D eigenvalue weighted by atomic mass is 9.86. The zero-order valence-corrected chi connectivity index (χ0v) is 20.0. The average Bonchev–Trinajstić information content (AvgIpc) is 3.59. The number of aryl methyl sites for hydroxylation is 1. The number of ketones is 1. The summed E-state index contributed by atoms with van der Waals surface area (Å²) in [7, 11) is 0. The number of nitrogens with zero attached hydrogens (tertiary/aromatic N) is 7. The van der Waals surface area contributed by atoms with E-state index < -0.39 is 0 Å². The Labute approximate surface area is 204 Å². The normalized spacial score (nSPS) is 14.3. The van der Waals surface area contributed by atoms with E-state index in [1.54, 1.807) is 6.20 Å². The Morgan fingerprint density at radius 3 is 2.66 bits per heavy atom. The number of carbonyl (C=O) groups is 1. The van der Waals surface area contributed by atoms with Gasteiger partial charge < -0.3 is 0 Å². The van der Waals surface area contributed by atoms with Gasteiger partial charge in [-0.25, -0.2) is 14.8 Å².